The minimum atomic E-state index is -1.15. The van der Waals surface area contributed by atoms with Crippen LogP contribution in [0.1, 0.15) is 51.9 Å². The van der Waals surface area contributed by atoms with Gasteiger partial charge in [0.05, 0.1) is 13.2 Å². The van der Waals surface area contributed by atoms with Crippen molar-refractivity contribution in [2.45, 2.75) is 76.3 Å². The maximum absolute atomic E-state index is 9.75. The summed E-state index contributed by atoms with van der Waals surface area (Å²) in [5.41, 5.74) is 0. The van der Waals surface area contributed by atoms with Crippen molar-refractivity contribution in [2.75, 3.05) is 19.8 Å². The molecule has 0 radical (unpaired) electrons. The van der Waals surface area contributed by atoms with Crippen LogP contribution in [0.5, 0.6) is 0 Å². The van der Waals surface area contributed by atoms with Crippen LogP contribution in [0.4, 0.5) is 0 Å². The summed E-state index contributed by atoms with van der Waals surface area (Å²) < 4.78 is 10.8. The molecule has 0 aliphatic carbocycles. The molecule has 5 heteroatoms. The third-order valence-corrected chi connectivity index (χ3v) is 3.95. The number of allylic oxidation sites excluding steroid dienone is 2. The average molecular weight is 316 g/mol. The lowest BCUT2D eigenvalue weighted by Gasteiger charge is -2.35. The standard InChI is InChI=1S/C17H32O5/c1-2-3-4-5-6-7-8-9-10-11-21-13-15-17(20)16(19)14(18)12-22-15/h3-4,14-20H,2,5-13H2,1H3/b4-3+/t14-,15+,16+,17+/m1/s1. The number of aliphatic hydroxyl groups excluding tert-OH is 3. The van der Waals surface area contributed by atoms with Crippen molar-refractivity contribution < 1.29 is 24.8 Å². The Balaban J connectivity index is 1.92. The van der Waals surface area contributed by atoms with E-state index in [1.807, 2.05) is 0 Å². The molecule has 0 aromatic carbocycles. The van der Waals surface area contributed by atoms with Crippen molar-refractivity contribution >= 4 is 0 Å². The van der Waals surface area contributed by atoms with Crippen LogP contribution in [0.2, 0.25) is 0 Å². The van der Waals surface area contributed by atoms with Gasteiger partial charge in [-0.05, 0) is 25.7 Å². The second-order valence-electron chi connectivity index (χ2n) is 5.93. The second kappa shape index (κ2) is 12.0. The smallest absolute Gasteiger partial charge is 0.111 e. The van der Waals surface area contributed by atoms with Gasteiger partial charge in [0.15, 0.2) is 0 Å². The first kappa shape index (κ1) is 19.6. The molecule has 3 N–H and O–H groups in total. The van der Waals surface area contributed by atoms with E-state index in [-0.39, 0.29) is 13.2 Å². The van der Waals surface area contributed by atoms with Crippen molar-refractivity contribution in [2.24, 2.45) is 0 Å². The monoisotopic (exact) mass is 316 g/mol. The Morgan fingerprint density at radius 1 is 1.00 bits per heavy atom. The number of ether oxygens (including phenoxy) is 2. The highest BCUT2D eigenvalue weighted by atomic mass is 16.6. The van der Waals surface area contributed by atoms with E-state index >= 15 is 0 Å². The molecule has 1 rings (SSSR count). The summed E-state index contributed by atoms with van der Waals surface area (Å²) in [6.07, 6.45) is 8.83. The van der Waals surface area contributed by atoms with Gasteiger partial charge in [-0.1, -0.05) is 38.3 Å². The van der Waals surface area contributed by atoms with Crippen molar-refractivity contribution in [3.8, 4) is 0 Å². The predicted molar refractivity (Wildman–Crippen MR) is 85.7 cm³/mol. The lowest BCUT2D eigenvalue weighted by atomic mass is 10.0. The van der Waals surface area contributed by atoms with Gasteiger partial charge in [-0.3, -0.25) is 0 Å². The lowest BCUT2D eigenvalue weighted by molar-refractivity contribution is -0.199. The molecule has 0 aromatic rings. The fourth-order valence-electron chi connectivity index (χ4n) is 2.49. The minimum Gasteiger partial charge on any atom is -0.388 e. The number of aliphatic hydroxyl groups is 3. The second-order valence-corrected chi connectivity index (χ2v) is 5.93. The zero-order chi connectivity index (χ0) is 16.2. The number of hydrogen-bond acceptors (Lipinski definition) is 5. The Bertz CT molecular complexity index is 295. The van der Waals surface area contributed by atoms with E-state index in [4.69, 9.17) is 9.47 Å². The van der Waals surface area contributed by atoms with E-state index in [1.165, 1.54) is 25.7 Å². The summed E-state index contributed by atoms with van der Waals surface area (Å²) in [5.74, 6) is 0. The van der Waals surface area contributed by atoms with Gasteiger partial charge in [0, 0.05) is 6.61 Å². The minimum absolute atomic E-state index is 0.0404. The van der Waals surface area contributed by atoms with Crippen molar-refractivity contribution in [3.63, 3.8) is 0 Å². The first-order valence-corrected chi connectivity index (χ1v) is 8.55. The molecule has 0 aromatic heterocycles. The van der Waals surface area contributed by atoms with Crippen molar-refractivity contribution in [1.29, 1.82) is 0 Å². The Hall–Kier alpha value is -0.460. The maximum atomic E-state index is 9.75. The largest absolute Gasteiger partial charge is 0.388 e. The molecule has 0 amide bonds. The van der Waals surface area contributed by atoms with Crippen LogP contribution in [0.15, 0.2) is 12.2 Å². The highest BCUT2D eigenvalue weighted by Crippen LogP contribution is 2.16. The Labute approximate surface area is 133 Å². The molecule has 0 saturated carbocycles. The van der Waals surface area contributed by atoms with Crippen molar-refractivity contribution in [3.05, 3.63) is 12.2 Å². The maximum Gasteiger partial charge on any atom is 0.111 e. The van der Waals surface area contributed by atoms with Gasteiger partial charge >= 0.3 is 0 Å². The van der Waals surface area contributed by atoms with E-state index in [0.717, 1.165) is 19.3 Å². The van der Waals surface area contributed by atoms with E-state index in [0.29, 0.717) is 6.61 Å². The summed E-state index contributed by atoms with van der Waals surface area (Å²) in [6.45, 7) is 3.09. The van der Waals surface area contributed by atoms with Crippen molar-refractivity contribution in [1.82, 2.24) is 0 Å². The zero-order valence-corrected chi connectivity index (χ0v) is 13.7. The molecule has 5 nitrogen and oxygen atoms in total. The Morgan fingerprint density at radius 2 is 1.73 bits per heavy atom. The van der Waals surface area contributed by atoms with Crippen LogP contribution < -0.4 is 0 Å². The number of unbranched alkanes of at least 4 members (excludes halogenated alkanes) is 5. The van der Waals surface area contributed by atoms with Crippen LogP contribution >= 0.6 is 0 Å². The summed E-state index contributed by atoms with van der Waals surface area (Å²) in [7, 11) is 0. The van der Waals surface area contributed by atoms with Gasteiger partial charge < -0.3 is 24.8 Å². The molecular formula is C17H32O5. The Kier molecular flexibility index (Phi) is 10.7. The van der Waals surface area contributed by atoms with Crippen LogP contribution in [-0.2, 0) is 9.47 Å². The zero-order valence-electron chi connectivity index (χ0n) is 13.7. The van der Waals surface area contributed by atoms with Gasteiger partial charge in [0.1, 0.15) is 24.4 Å². The lowest BCUT2D eigenvalue weighted by Crippen LogP contribution is -2.54. The Morgan fingerprint density at radius 3 is 2.50 bits per heavy atom. The van der Waals surface area contributed by atoms with Crippen LogP contribution in [0.3, 0.4) is 0 Å². The van der Waals surface area contributed by atoms with Crippen LogP contribution in [0.25, 0.3) is 0 Å². The third kappa shape index (κ3) is 7.70. The average Bonchev–Trinajstić information content (AvgIpc) is 2.52. The number of hydrogen-bond donors (Lipinski definition) is 3. The molecule has 22 heavy (non-hydrogen) atoms. The SMILES string of the molecule is CC/C=C/CCCCCCCOC[C@@H]1OC[C@@H](O)[C@H](O)[C@H]1O. The first-order chi connectivity index (χ1) is 10.7. The van der Waals surface area contributed by atoms with Crippen LogP contribution in [0, 0.1) is 0 Å². The molecular weight excluding hydrogens is 284 g/mol. The normalized spacial score (nSPS) is 29.3. The molecule has 1 saturated heterocycles. The van der Waals surface area contributed by atoms with E-state index < -0.39 is 24.4 Å². The predicted octanol–water partition coefficient (Wildman–Crippen LogP) is 1.79. The molecule has 1 aliphatic rings. The number of rotatable bonds is 11. The van der Waals surface area contributed by atoms with Gasteiger partial charge in [0.25, 0.3) is 0 Å². The summed E-state index contributed by atoms with van der Waals surface area (Å²) in [6, 6.07) is 0. The van der Waals surface area contributed by atoms with Crippen LogP contribution in [-0.4, -0.2) is 59.6 Å². The molecule has 1 aliphatic heterocycles. The summed E-state index contributed by atoms with van der Waals surface area (Å²) in [5, 5.41) is 28.6. The molecule has 130 valence electrons. The first-order valence-electron chi connectivity index (χ1n) is 8.55. The molecule has 0 unspecified atom stereocenters. The fraction of sp³-hybridized carbons (Fsp3) is 0.882. The molecule has 0 spiro atoms. The van der Waals surface area contributed by atoms with Gasteiger partial charge in [-0.2, -0.15) is 0 Å². The van der Waals surface area contributed by atoms with E-state index in [9.17, 15) is 15.3 Å². The highest BCUT2D eigenvalue weighted by Gasteiger charge is 2.37. The molecule has 4 atom stereocenters. The van der Waals surface area contributed by atoms with E-state index in [1.54, 1.807) is 0 Å². The summed E-state index contributed by atoms with van der Waals surface area (Å²) in [4.78, 5) is 0. The van der Waals surface area contributed by atoms with Gasteiger partial charge in [-0.15, -0.1) is 0 Å². The molecule has 0 bridgehead atoms. The van der Waals surface area contributed by atoms with Gasteiger partial charge in [0.2, 0.25) is 0 Å². The molecule has 1 heterocycles. The van der Waals surface area contributed by atoms with E-state index in [2.05, 4.69) is 19.1 Å². The fourth-order valence-corrected chi connectivity index (χ4v) is 2.49. The molecule has 1 fully saturated rings. The van der Waals surface area contributed by atoms with Gasteiger partial charge in [-0.25, -0.2) is 0 Å². The quantitative estimate of drug-likeness (QED) is 0.400. The summed E-state index contributed by atoms with van der Waals surface area (Å²) >= 11 is 0. The third-order valence-electron chi connectivity index (χ3n) is 3.95. The topological polar surface area (TPSA) is 79.2 Å². The highest BCUT2D eigenvalue weighted by molar-refractivity contribution is 4.86.